The highest BCUT2D eigenvalue weighted by Crippen LogP contribution is 2.27. The molecule has 1 atom stereocenters. The smallest absolute Gasteiger partial charge is 0.120 e. The van der Waals surface area contributed by atoms with Crippen LogP contribution in [0.2, 0.25) is 4.34 Å². The number of halogens is 1. The second-order valence-electron chi connectivity index (χ2n) is 4.38. The monoisotopic (exact) mass is 281 g/mol. The number of aryl methyl sites for hydroxylation is 1. The summed E-state index contributed by atoms with van der Waals surface area (Å²) in [5, 5.41) is 13.2. The first-order valence-electron chi connectivity index (χ1n) is 5.83. The molecule has 2 rings (SSSR count). The van der Waals surface area contributed by atoms with Gasteiger partial charge < -0.3 is 10.4 Å². The average Bonchev–Trinajstić information content (AvgIpc) is 2.77. The van der Waals surface area contributed by atoms with Crippen LogP contribution in [0.5, 0.6) is 5.75 Å². The fourth-order valence-corrected chi connectivity index (χ4v) is 2.87. The molecule has 0 radical (unpaired) electrons. The molecule has 1 unspecified atom stereocenters. The number of nitrogens with one attached hydrogen (secondary N) is 1. The second-order valence-corrected chi connectivity index (χ2v) is 6.12. The first kappa shape index (κ1) is 13.4. The molecule has 0 spiro atoms. The lowest BCUT2D eigenvalue weighted by molar-refractivity contribution is 0.460. The third kappa shape index (κ3) is 3.25. The SMILES string of the molecule is Cc1ccc(O)c(CNC(C)c2ccc(Cl)s2)c1. The van der Waals surface area contributed by atoms with Crippen molar-refractivity contribution in [3.05, 3.63) is 50.7 Å². The Morgan fingerprint density at radius 3 is 2.78 bits per heavy atom. The van der Waals surface area contributed by atoms with Crippen molar-refractivity contribution in [2.24, 2.45) is 0 Å². The third-order valence-corrected chi connectivity index (χ3v) is 4.27. The molecule has 0 aliphatic rings. The standard InChI is InChI=1S/C14H16ClNOS/c1-9-3-4-12(17)11(7-9)8-16-10(2)13-5-6-14(15)18-13/h3-7,10,16-17H,8H2,1-2H3. The normalized spacial score (nSPS) is 12.6. The Labute approximate surface area is 116 Å². The van der Waals surface area contributed by atoms with Gasteiger partial charge in [0.05, 0.1) is 4.34 Å². The summed E-state index contributed by atoms with van der Waals surface area (Å²) in [5.41, 5.74) is 2.07. The van der Waals surface area contributed by atoms with Crippen molar-refractivity contribution in [1.82, 2.24) is 5.32 Å². The van der Waals surface area contributed by atoms with Gasteiger partial charge in [-0.25, -0.2) is 0 Å². The number of thiophene rings is 1. The second kappa shape index (κ2) is 5.74. The molecule has 2 aromatic rings. The number of benzene rings is 1. The van der Waals surface area contributed by atoms with Gasteiger partial charge in [0.15, 0.2) is 0 Å². The summed E-state index contributed by atoms with van der Waals surface area (Å²) in [4.78, 5) is 1.20. The summed E-state index contributed by atoms with van der Waals surface area (Å²) in [7, 11) is 0. The molecule has 0 saturated heterocycles. The molecule has 2 nitrogen and oxygen atoms in total. The van der Waals surface area contributed by atoms with Crippen LogP contribution in [0.1, 0.15) is 29.0 Å². The van der Waals surface area contributed by atoms with Crippen molar-refractivity contribution < 1.29 is 5.11 Å². The predicted molar refractivity (Wildman–Crippen MR) is 77.4 cm³/mol. The van der Waals surface area contributed by atoms with Crippen LogP contribution in [-0.4, -0.2) is 5.11 Å². The zero-order valence-electron chi connectivity index (χ0n) is 10.4. The first-order valence-corrected chi connectivity index (χ1v) is 7.03. The van der Waals surface area contributed by atoms with Crippen LogP contribution in [0.3, 0.4) is 0 Å². The van der Waals surface area contributed by atoms with Gasteiger partial charge >= 0.3 is 0 Å². The topological polar surface area (TPSA) is 32.3 Å². The van der Waals surface area contributed by atoms with Crippen molar-refractivity contribution in [2.75, 3.05) is 0 Å². The van der Waals surface area contributed by atoms with Gasteiger partial charge in [-0.05, 0) is 32.0 Å². The van der Waals surface area contributed by atoms with E-state index in [0.29, 0.717) is 12.3 Å². The van der Waals surface area contributed by atoms with Gasteiger partial charge in [0.2, 0.25) is 0 Å². The number of hydrogen-bond acceptors (Lipinski definition) is 3. The molecule has 0 bridgehead atoms. The minimum absolute atomic E-state index is 0.224. The van der Waals surface area contributed by atoms with E-state index in [1.54, 1.807) is 17.4 Å². The predicted octanol–water partition coefficient (Wildman–Crippen LogP) is 4.27. The minimum atomic E-state index is 0.224. The molecule has 0 aliphatic carbocycles. The Kier molecular flexibility index (Phi) is 4.27. The summed E-state index contributed by atoms with van der Waals surface area (Å²) < 4.78 is 0.803. The highest BCUT2D eigenvalue weighted by molar-refractivity contribution is 7.16. The molecule has 0 fully saturated rings. The third-order valence-electron chi connectivity index (χ3n) is 2.85. The van der Waals surface area contributed by atoms with Crippen LogP contribution in [0, 0.1) is 6.92 Å². The van der Waals surface area contributed by atoms with Crippen LogP contribution in [0.4, 0.5) is 0 Å². The van der Waals surface area contributed by atoms with E-state index in [4.69, 9.17) is 11.6 Å². The lowest BCUT2D eigenvalue weighted by atomic mass is 10.1. The zero-order chi connectivity index (χ0) is 13.1. The lowest BCUT2D eigenvalue weighted by Gasteiger charge is -2.13. The van der Waals surface area contributed by atoms with E-state index >= 15 is 0 Å². The summed E-state index contributed by atoms with van der Waals surface area (Å²) in [6, 6.07) is 9.80. The van der Waals surface area contributed by atoms with Crippen LogP contribution in [0.15, 0.2) is 30.3 Å². The number of hydrogen-bond donors (Lipinski definition) is 2. The van der Waals surface area contributed by atoms with Crippen molar-refractivity contribution in [2.45, 2.75) is 26.4 Å². The highest BCUT2D eigenvalue weighted by Gasteiger charge is 2.09. The zero-order valence-corrected chi connectivity index (χ0v) is 12.0. The Balaban J connectivity index is 2.01. The summed E-state index contributed by atoms with van der Waals surface area (Å²) in [5.74, 6) is 0.338. The maximum absolute atomic E-state index is 9.76. The van der Waals surface area contributed by atoms with Gasteiger partial charge in [-0.2, -0.15) is 0 Å². The minimum Gasteiger partial charge on any atom is -0.508 e. The molecule has 4 heteroatoms. The van der Waals surface area contributed by atoms with E-state index in [1.807, 2.05) is 31.2 Å². The molecule has 1 heterocycles. The van der Waals surface area contributed by atoms with Crippen molar-refractivity contribution >= 4 is 22.9 Å². The van der Waals surface area contributed by atoms with Gasteiger partial charge in [-0.15, -0.1) is 11.3 Å². The van der Waals surface area contributed by atoms with E-state index in [-0.39, 0.29) is 6.04 Å². The summed E-state index contributed by atoms with van der Waals surface area (Å²) in [6.07, 6.45) is 0. The van der Waals surface area contributed by atoms with E-state index in [9.17, 15) is 5.11 Å². The molecular formula is C14H16ClNOS. The maximum atomic E-state index is 9.76. The number of rotatable bonds is 4. The molecule has 0 amide bonds. The Morgan fingerprint density at radius 2 is 2.11 bits per heavy atom. The number of aromatic hydroxyl groups is 1. The summed E-state index contributed by atoms with van der Waals surface area (Å²) in [6.45, 7) is 4.75. The van der Waals surface area contributed by atoms with Crippen molar-refractivity contribution in [3.63, 3.8) is 0 Å². The number of phenolic OH excluding ortho intramolecular Hbond substituents is 1. The van der Waals surface area contributed by atoms with Crippen molar-refractivity contribution in [1.29, 1.82) is 0 Å². The van der Waals surface area contributed by atoms with Gasteiger partial charge in [0.25, 0.3) is 0 Å². The quantitative estimate of drug-likeness (QED) is 0.877. The largest absolute Gasteiger partial charge is 0.508 e. The molecule has 96 valence electrons. The van der Waals surface area contributed by atoms with Gasteiger partial charge in [0.1, 0.15) is 5.75 Å². The van der Waals surface area contributed by atoms with E-state index in [2.05, 4.69) is 12.2 Å². The van der Waals surface area contributed by atoms with Crippen LogP contribution in [0.25, 0.3) is 0 Å². The van der Waals surface area contributed by atoms with Gasteiger partial charge in [-0.3, -0.25) is 0 Å². The highest BCUT2D eigenvalue weighted by atomic mass is 35.5. The van der Waals surface area contributed by atoms with E-state index in [1.165, 1.54) is 4.88 Å². The molecule has 18 heavy (non-hydrogen) atoms. The average molecular weight is 282 g/mol. The summed E-state index contributed by atoms with van der Waals surface area (Å²) >= 11 is 7.50. The molecule has 0 aliphatic heterocycles. The Hall–Kier alpha value is -1.03. The van der Waals surface area contributed by atoms with Crippen LogP contribution >= 0.6 is 22.9 Å². The Morgan fingerprint density at radius 1 is 1.33 bits per heavy atom. The molecule has 1 aromatic carbocycles. The molecule has 1 aromatic heterocycles. The van der Waals surface area contributed by atoms with Crippen LogP contribution < -0.4 is 5.32 Å². The molecule has 2 N–H and O–H groups in total. The fourth-order valence-electron chi connectivity index (χ4n) is 1.78. The van der Waals surface area contributed by atoms with Gasteiger partial charge in [0, 0.05) is 23.0 Å². The van der Waals surface area contributed by atoms with Crippen LogP contribution in [-0.2, 0) is 6.54 Å². The molecular weight excluding hydrogens is 266 g/mol. The first-order chi connectivity index (χ1) is 8.56. The van der Waals surface area contributed by atoms with E-state index < -0.39 is 0 Å². The van der Waals surface area contributed by atoms with Gasteiger partial charge in [-0.1, -0.05) is 29.3 Å². The number of phenols is 1. The molecule has 0 saturated carbocycles. The maximum Gasteiger partial charge on any atom is 0.120 e. The fraction of sp³-hybridized carbons (Fsp3) is 0.286. The van der Waals surface area contributed by atoms with Crippen molar-refractivity contribution in [3.8, 4) is 5.75 Å². The Bertz CT molecular complexity index is 538. The lowest BCUT2D eigenvalue weighted by Crippen LogP contribution is -2.17. The van der Waals surface area contributed by atoms with E-state index in [0.717, 1.165) is 15.5 Å².